The first-order valence-electron chi connectivity index (χ1n) is 5.33. The highest BCUT2D eigenvalue weighted by Crippen LogP contribution is 2.46. The number of fused-ring (bicyclic) bond motifs is 4. The van der Waals surface area contributed by atoms with Gasteiger partial charge in [-0.1, -0.05) is 36.4 Å². The van der Waals surface area contributed by atoms with Gasteiger partial charge in [0.25, 0.3) is 0 Å². The largest absolute Gasteiger partial charge is 0.247 e. The van der Waals surface area contributed by atoms with E-state index in [1.165, 1.54) is 16.5 Å². The second-order valence-corrected chi connectivity index (χ2v) is 5.01. The van der Waals surface area contributed by atoms with E-state index in [0.717, 1.165) is 15.7 Å². The van der Waals surface area contributed by atoms with Crippen molar-refractivity contribution in [3.05, 3.63) is 52.1 Å². The highest BCUT2D eigenvalue weighted by Gasteiger charge is 2.31. The lowest BCUT2D eigenvalue weighted by molar-refractivity contribution is 1.20. The molecule has 0 radical (unpaired) electrons. The monoisotopic (exact) mass is 269 g/mol. The molecule has 1 heterocycles. The number of halogens is 1. The maximum absolute atomic E-state index is 4.75. The van der Waals surface area contributed by atoms with Crippen molar-refractivity contribution in [2.24, 2.45) is 5.92 Å². The molecular weight excluding hydrogens is 262 g/mol. The average Bonchev–Trinajstić information content (AvgIpc) is 3.09. The van der Waals surface area contributed by atoms with Gasteiger partial charge in [0.05, 0.1) is 11.2 Å². The molecule has 76 valence electrons. The Kier molecular flexibility index (Phi) is 1.54. The van der Waals surface area contributed by atoms with E-state index in [4.69, 9.17) is 4.98 Å². The van der Waals surface area contributed by atoms with Crippen LogP contribution in [0.15, 0.2) is 40.9 Å². The predicted octanol–water partition coefficient (Wildman–Crippen LogP) is 4.04. The molecule has 0 saturated carbocycles. The minimum atomic E-state index is 0.549. The number of benzene rings is 1. The second-order valence-electron chi connectivity index (χ2n) is 4.21. The lowest BCUT2D eigenvalue weighted by atomic mass is 10.0. The number of aromatic nitrogens is 1. The first-order chi connectivity index (χ1) is 7.84. The van der Waals surface area contributed by atoms with Gasteiger partial charge in [-0.3, -0.25) is 0 Å². The van der Waals surface area contributed by atoms with Gasteiger partial charge in [-0.2, -0.15) is 0 Å². The molecule has 0 N–H and O–H groups in total. The topological polar surface area (TPSA) is 12.9 Å². The van der Waals surface area contributed by atoms with Crippen LogP contribution in [-0.2, 0) is 0 Å². The summed E-state index contributed by atoms with van der Waals surface area (Å²) in [6.07, 6.45) is 6.67. The van der Waals surface area contributed by atoms with Gasteiger partial charge in [0.2, 0.25) is 0 Å². The third-order valence-corrected chi connectivity index (χ3v) is 4.07. The Morgan fingerprint density at radius 2 is 2.06 bits per heavy atom. The van der Waals surface area contributed by atoms with E-state index in [9.17, 15) is 0 Å². The highest BCUT2D eigenvalue weighted by atomic mass is 79.9. The van der Waals surface area contributed by atoms with Crippen LogP contribution in [0.4, 0.5) is 0 Å². The average molecular weight is 270 g/mol. The van der Waals surface area contributed by atoms with Crippen LogP contribution in [0.3, 0.4) is 0 Å². The Balaban J connectivity index is 2.17. The third kappa shape index (κ3) is 1.03. The molecule has 2 aliphatic carbocycles. The zero-order valence-corrected chi connectivity index (χ0v) is 10.0. The van der Waals surface area contributed by atoms with E-state index in [1.54, 1.807) is 0 Å². The van der Waals surface area contributed by atoms with Crippen molar-refractivity contribution in [1.82, 2.24) is 4.98 Å². The van der Waals surface area contributed by atoms with Crippen molar-refractivity contribution < 1.29 is 0 Å². The smallest absolute Gasteiger partial charge is 0.0759 e. The first-order valence-corrected chi connectivity index (χ1v) is 6.12. The molecule has 16 heavy (non-hydrogen) atoms. The minimum Gasteiger partial charge on any atom is -0.247 e. The lowest BCUT2D eigenvalue weighted by Crippen LogP contribution is -1.97. The van der Waals surface area contributed by atoms with Crippen LogP contribution in [0.25, 0.3) is 22.6 Å². The normalized spacial score (nSPS) is 20.3. The third-order valence-electron chi connectivity index (χ3n) is 3.22. The number of para-hydroxylation sites is 1. The van der Waals surface area contributed by atoms with Crippen molar-refractivity contribution in [3.8, 4) is 0 Å². The Labute approximate surface area is 102 Å². The number of allylic oxidation sites excluding steroid dienone is 3. The summed E-state index contributed by atoms with van der Waals surface area (Å²) in [6, 6.07) is 8.25. The van der Waals surface area contributed by atoms with Gasteiger partial charge in [-0.05, 0) is 27.6 Å². The molecule has 0 amide bonds. The number of hydrogen-bond acceptors (Lipinski definition) is 1. The maximum atomic E-state index is 4.75. The molecule has 2 aromatic rings. The SMILES string of the molecule is Brc1c2c(nc3ccccc13)C1=C[C@H]1C=C2. The van der Waals surface area contributed by atoms with Crippen LogP contribution >= 0.6 is 15.9 Å². The summed E-state index contributed by atoms with van der Waals surface area (Å²) in [5, 5.41) is 1.19. The number of pyridine rings is 1. The van der Waals surface area contributed by atoms with E-state index in [2.05, 4.69) is 46.3 Å². The van der Waals surface area contributed by atoms with Gasteiger partial charge < -0.3 is 0 Å². The Morgan fingerprint density at radius 1 is 1.19 bits per heavy atom. The molecule has 2 heteroatoms. The Hall–Kier alpha value is -1.41. The molecule has 2 aliphatic rings. The van der Waals surface area contributed by atoms with Crippen LogP contribution in [0.2, 0.25) is 0 Å². The summed E-state index contributed by atoms with van der Waals surface area (Å²) in [5.74, 6) is 0.549. The van der Waals surface area contributed by atoms with E-state index in [1.807, 2.05) is 12.1 Å². The molecule has 0 saturated heterocycles. The van der Waals surface area contributed by atoms with Crippen molar-refractivity contribution in [3.63, 3.8) is 0 Å². The molecule has 0 aliphatic heterocycles. The van der Waals surface area contributed by atoms with E-state index in [0.29, 0.717) is 5.92 Å². The predicted molar refractivity (Wildman–Crippen MR) is 69.9 cm³/mol. The van der Waals surface area contributed by atoms with Gasteiger partial charge >= 0.3 is 0 Å². The molecule has 4 rings (SSSR count). The minimum absolute atomic E-state index is 0.549. The lowest BCUT2D eigenvalue weighted by Gasteiger charge is -2.12. The summed E-state index contributed by atoms with van der Waals surface area (Å²) in [5.41, 5.74) is 4.82. The van der Waals surface area contributed by atoms with E-state index < -0.39 is 0 Å². The first kappa shape index (κ1) is 8.71. The molecule has 1 nitrogen and oxygen atoms in total. The van der Waals surface area contributed by atoms with Crippen LogP contribution in [0.1, 0.15) is 11.3 Å². The molecule has 0 unspecified atom stereocenters. The van der Waals surface area contributed by atoms with Crippen molar-refractivity contribution in [1.29, 1.82) is 0 Å². The standard InChI is InChI=1S/C14H8BrN/c15-13-9-3-1-2-4-12(9)16-14-10(13)6-5-8-7-11(8)14/h1-8H/t8-/m1/s1. The van der Waals surface area contributed by atoms with Gasteiger partial charge in [0.15, 0.2) is 0 Å². The molecule has 0 spiro atoms. The fourth-order valence-electron chi connectivity index (χ4n) is 2.30. The van der Waals surface area contributed by atoms with Gasteiger partial charge in [-0.15, -0.1) is 0 Å². The summed E-state index contributed by atoms with van der Waals surface area (Å²) in [6.45, 7) is 0. The van der Waals surface area contributed by atoms with Crippen molar-refractivity contribution in [2.45, 2.75) is 0 Å². The summed E-state index contributed by atoms with van der Waals surface area (Å²) in [4.78, 5) is 4.75. The quantitative estimate of drug-likeness (QED) is 0.704. The van der Waals surface area contributed by atoms with Crippen LogP contribution < -0.4 is 0 Å². The Morgan fingerprint density at radius 3 is 3.00 bits per heavy atom. The summed E-state index contributed by atoms with van der Waals surface area (Å²) in [7, 11) is 0. The van der Waals surface area contributed by atoms with Gasteiger partial charge in [0, 0.05) is 21.3 Å². The molecule has 0 bridgehead atoms. The number of rotatable bonds is 0. The Bertz CT molecular complexity index is 682. The van der Waals surface area contributed by atoms with Gasteiger partial charge in [-0.25, -0.2) is 4.98 Å². The van der Waals surface area contributed by atoms with Crippen molar-refractivity contribution >= 4 is 38.5 Å². The molecule has 1 aromatic heterocycles. The number of nitrogens with zero attached hydrogens (tertiary/aromatic N) is 1. The zero-order chi connectivity index (χ0) is 10.7. The van der Waals surface area contributed by atoms with Crippen LogP contribution in [-0.4, -0.2) is 4.98 Å². The van der Waals surface area contributed by atoms with E-state index >= 15 is 0 Å². The maximum Gasteiger partial charge on any atom is 0.0759 e. The fourth-order valence-corrected chi connectivity index (χ4v) is 2.96. The number of hydrogen-bond donors (Lipinski definition) is 0. The fraction of sp³-hybridized carbons (Fsp3) is 0.0714. The van der Waals surface area contributed by atoms with Crippen molar-refractivity contribution in [2.75, 3.05) is 0 Å². The molecule has 1 atom stereocenters. The van der Waals surface area contributed by atoms with Crippen LogP contribution in [0, 0.1) is 5.92 Å². The molecule has 1 aromatic carbocycles. The van der Waals surface area contributed by atoms with E-state index in [-0.39, 0.29) is 0 Å². The second kappa shape index (κ2) is 2.83. The summed E-state index contributed by atoms with van der Waals surface area (Å²) >= 11 is 3.70. The molecule has 0 fully saturated rings. The zero-order valence-electron chi connectivity index (χ0n) is 8.44. The van der Waals surface area contributed by atoms with Gasteiger partial charge in [0.1, 0.15) is 0 Å². The molecular formula is C14H8BrN. The summed E-state index contributed by atoms with van der Waals surface area (Å²) < 4.78 is 1.16. The van der Waals surface area contributed by atoms with Crippen LogP contribution in [0.5, 0.6) is 0 Å². The highest BCUT2D eigenvalue weighted by molar-refractivity contribution is 9.10.